The average Bonchev–Trinajstić information content (AvgIpc) is 2.62. The SMILES string of the molecule is CC1=Cc2c(sc3ccccc23)C(C)C(P)=C1. The second-order valence-corrected chi connectivity index (χ2v) is 6.38. The number of hydrogen-bond donors (Lipinski definition) is 0. The first-order valence-electron chi connectivity index (χ1n) is 5.83. The van der Waals surface area contributed by atoms with Crippen molar-refractivity contribution in [3.63, 3.8) is 0 Å². The molecule has 17 heavy (non-hydrogen) atoms. The highest BCUT2D eigenvalue weighted by Gasteiger charge is 2.19. The fourth-order valence-corrected chi connectivity index (χ4v) is 4.18. The van der Waals surface area contributed by atoms with Crippen molar-refractivity contribution in [3.05, 3.63) is 51.7 Å². The van der Waals surface area contributed by atoms with Gasteiger partial charge in [-0.3, -0.25) is 0 Å². The lowest BCUT2D eigenvalue weighted by Crippen LogP contribution is -1.89. The molecule has 0 fully saturated rings. The predicted molar refractivity (Wildman–Crippen MR) is 81.7 cm³/mol. The van der Waals surface area contributed by atoms with E-state index in [1.165, 1.54) is 31.4 Å². The minimum Gasteiger partial charge on any atom is -0.139 e. The van der Waals surface area contributed by atoms with Crippen molar-refractivity contribution in [2.24, 2.45) is 0 Å². The zero-order chi connectivity index (χ0) is 12.0. The van der Waals surface area contributed by atoms with Gasteiger partial charge in [0.1, 0.15) is 0 Å². The molecule has 0 nitrogen and oxygen atoms in total. The molecule has 0 N–H and O–H groups in total. The lowest BCUT2D eigenvalue weighted by atomic mass is 10.0. The van der Waals surface area contributed by atoms with E-state index in [4.69, 9.17) is 0 Å². The summed E-state index contributed by atoms with van der Waals surface area (Å²) in [6.45, 7) is 4.47. The first-order valence-corrected chi connectivity index (χ1v) is 7.23. The van der Waals surface area contributed by atoms with Crippen LogP contribution < -0.4 is 0 Å². The summed E-state index contributed by atoms with van der Waals surface area (Å²) in [7, 11) is 2.89. The molecule has 2 aromatic rings. The highest BCUT2D eigenvalue weighted by Crippen LogP contribution is 2.43. The Hall–Kier alpha value is -0.910. The van der Waals surface area contributed by atoms with Crippen molar-refractivity contribution < 1.29 is 0 Å². The van der Waals surface area contributed by atoms with Crippen LogP contribution in [0.5, 0.6) is 0 Å². The topological polar surface area (TPSA) is 0 Å². The van der Waals surface area contributed by atoms with E-state index in [1.54, 1.807) is 0 Å². The Balaban J connectivity index is 2.36. The van der Waals surface area contributed by atoms with Gasteiger partial charge in [0.25, 0.3) is 0 Å². The van der Waals surface area contributed by atoms with Gasteiger partial charge in [0.2, 0.25) is 0 Å². The average molecular weight is 258 g/mol. The van der Waals surface area contributed by atoms with Gasteiger partial charge < -0.3 is 0 Å². The highest BCUT2D eigenvalue weighted by molar-refractivity contribution is 7.23. The van der Waals surface area contributed by atoms with E-state index in [0.717, 1.165) is 0 Å². The number of hydrogen-bond acceptors (Lipinski definition) is 1. The van der Waals surface area contributed by atoms with Gasteiger partial charge in [-0.1, -0.05) is 42.8 Å². The quantitative estimate of drug-likeness (QED) is 0.571. The van der Waals surface area contributed by atoms with Crippen LogP contribution in [0.15, 0.2) is 41.2 Å². The van der Waals surface area contributed by atoms with Crippen molar-refractivity contribution in [2.75, 3.05) is 0 Å². The maximum atomic E-state index is 2.89. The zero-order valence-electron chi connectivity index (χ0n) is 10.0. The Morgan fingerprint density at radius 3 is 2.76 bits per heavy atom. The van der Waals surface area contributed by atoms with Gasteiger partial charge in [0.05, 0.1) is 0 Å². The molecule has 2 heteroatoms. The fourth-order valence-electron chi connectivity index (χ4n) is 2.36. The summed E-state index contributed by atoms with van der Waals surface area (Å²) in [5.41, 5.74) is 2.76. The molecule has 0 spiro atoms. The van der Waals surface area contributed by atoms with Gasteiger partial charge >= 0.3 is 0 Å². The monoisotopic (exact) mass is 258 g/mol. The van der Waals surface area contributed by atoms with E-state index in [1.807, 2.05) is 11.3 Å². The standard InChI is InChI=1S/C15H15PS/c1-9-7-12-11-5-3-4-6-14(11)17-15(12)10(2)13(16)8-9/h3-8,10H,16H2,1-2H3. The first-order chi connectivity index (χ1) is 8.16. The Morgan fingerprint density at radius 1 is 1.18 bits per heavy atom. The van der Waals surface area contributed by atoms with Crippen LogP contribution in [0.4, 0.5) is 0 Å². The van der Waals surface area contributed by atoms with Crippen LogP contribution in [0.3, 0.4) is 0 Å². The second-order valence-electron chi connectivity index (χ2n) is 4.63. The molecule has 2 atom stereocenters. The summed E-state index contributed by atoms with van der Waals surface area (Å²) in [4.78, 5) is 1.49. The van der Waals surface area contributed by atoms with E-state index in [0.29, 0.717) is 5.92 Å². The molecule has 0 amide bonds. The van der Waals surface area contributed by atoms with Crippen LogP contribution in [-0.4, -0.2) is 0 Å². The van der Waals surface area contributed by atoms with Crippen molar-refractivity contribution in [3.8, 4) is 0 Å². The van der Waals surface area contributed by atoms with Gasteiger partial charge in [0.15, 0.2) is 0 Å². The molecular formula is C15H15PS. The molecule has 1 aromatic carbocycles. The van der Waals surface area contributed by atoms with Crippen LogP contribution in [-0.2, 0) is 0 Å². The number of allylic oxidation sites excluding steroid dienone is 3. The van der Waals surface area contributed by atoms with E-state index < -0.39 is 0 Å². The van der Waals surface area contributed by atoms with Gasteiger partial charge in [-0.25, -0.2) is 0 Å². The molecule has 1 aromatic heterocycles. The third-order valence-electron chi connectivity index (χ3n) is 3.32. The number of rotatable bonds is 0. The van der Waals surface area contributed by atoms with Gasteiger partial charge in [-0.15, -0.1) is 20.6 Å². The molecule has 1 aliphatic carbocycles. The van der Waals surface area contributed by atoms with Crippen LogP contribution >= 0.6 is 20.6 Å². The minimum atomic E-state index is 0.501. The largest absolute Gasteiger partial charge is 0.139 e. The summed E-state index contributed by atoms with van der Waals surface area (Å²) in [5, 5.41) is 2.77. The molecule has 1 aliphatic rings. The fraction of sp³-hybridized carbons (Fsp3) is 0.200. The summed E-state index contributed by atoms with van der Waals surface area (Å²) in [6, 6.07) is 8.70. The Kier molecular flexibility index (Phi) is 2.69. The van der Waals surface area contributed by atoms with Crippen molar-refractivity contribution >= 4 is 36.7 Å². The predicted octanol–water partition coefficient (Wildman–Crippen LogP) is 5.18. The first kappa shape index (κ1) is 11.2. The maximum absolute atomic E-state index is 2.89. The maximum Gasteiger partial charge on any atom is 0.0352 e. The van der Waals surface area contributed by atoms with Crippen molar-refractivity contribution in [1.29, 1.82) is 0 Å². The molecule has 0 radical (unpaired) electrons. The van der Waals surface area contributed by atoms with Gasteiger partial charge in [-0.2, -0.15) is 0 Å². The minimum absolute atomic E-state index is 0.501. The molecule has 1 heterocycles. The molecule has 0 aliphatic heterocycles. The van der Waals surface area contributed by atoms with E-state index in [9.17, 15) is 0 Å². The smallest absolute Gasteiger partial charge is 0.0352 e. The van der Waals surface area contributed by atoms with Crippen LogP contribution in [0.2, 0.25) is 0 Å². The molecular weight excluding hydrogens is 243 g/mol. The van der Waals surface area contributed by atoms with E-state index in [2.05, 4.69) is 59.5 Å². The Morgan fingerprint density at radius 2 is 1.94 bits per heavy atom. The third kappa shape index (κ3) is 1.78. The number of benzene rings is 1. The number of fused-ring (bicyclic) bond motifs is 3. The molecule has 3 rings (SSSR count). The van der Waals surface area contributed by atoms with Crippen LogP contribution in [0.25, 0.3) is 16.2 Å². The lowest BCUT2D eigenvalue weighted by molar-refractivity contribution is 0.980. The lowest BCUT2D eigenvalue weighted by Gasteiger charge is -2.09. The molecule has 86 valence electrons. The van der Waals surface area contributed by atoms with Crippen molar-refractivity contribution in [1.82, 2.24) is 0 Å². The molecule has 0 saturated carbocycles. The summed E-state index contributed by atoms with van der Waals surface area (Å²) in [6.07, 6.45) is 4.60. The summed E-state index contributed by atoms with van der Waals surface area (Å²) in [5.74, 6) is 0.501. The molecule has 0 saturated heterocycles. The summed E-state index contributed by atoms with van der Waals surface area (Å²) >= 11 is 1.93. The third-order valence-corrected chi connectivity index (χ3v) is 5.36. The zero-order valence-corrected chi connectivity index (χ0v) is 12.0. The molecule has 2 unspecified atom stereocenters. The summed E-state index contributed by atoms with van der Waals surface area (Å²) < 4.78 is 1.40. The van der Waals surface area contributed by atoms with Crippen molar-refractivity contribution in [2.45, 2.75) is 19.8 Å². The number of thiophene rings is 1. The van der Waals surface area contributed by atoms with E-state index >= 15 is 0 Å². The van der Waals surface area contributed by atoms with Crippen LogP contribution in [0, 0.1) is 0 Å². The Labute approximate surface area is 108 Å². The second kappa shape index (κ2) is 4.08. The highest BCUT2D eigenvalue weighted by atomic mass is 32.1. The molecule has 0 bridgehead atoms. The van der Waals surface area contributed by atoms with Gasteiger partial charge in [-0.05, 0) is 29.3 Å². The van der Waals surface area contributed by atoms with Crippen LogP contribution in [0.1, 0.15) is 30.2 Å². The van der Waals surface area contributed by atoms with Gasteiger partial charge in [0, 0.05) is 15.5 Å². The van der Waals surface area contributed by atoms with E-state index in [-0.39, 0.29) is 0 Å². The Bertz CT molecular complexity index is 646. The normalized spacial score (nSPS) is 19.6.